The predicted molar refractivity (Wildman–Crippen MR) is 101 cm³/mol. The Balaban J connectivity index is 1.77. The maximum atomic E-state index is 13.1. The number of amides is 3. The molecule has 3 rings (SSSR count). The van der Waals surface area contributed by atoms with Gasteiger partial charge in [-0.3, -0.25) is 14.6 Å². The third-order valence-corrected chi connectivity index (χ3v) is 4.90. The van der Waals surface area contributed by atoms with Gasteiger partial charge in [-0.2, -0.15) is 0 Å². The summed E-state index contributed by atoms with van der Waals surface area (Å²) in [6.45, 7) is 5.66. The van der Waals surface area contributed by atoms with Crippen LogP contribution < -0.4 is 4.90 Å². The molecule has 2 aromatic carbocycles. The number of benzene rings is 2. The van der Waals surface area contributed by atoms with Gasteiger partial charge in [-0.1, -0.05) is 38.1 Å². The van der Waals surface area contributed by atoms with E-state index >= 15 is 0 Å². The van der Waals surface area contributed by atoms with E-state index in [9.17, 15) is 19.1 Å². The quantitative estimate of drug-likeness (QED) is 0.814. The summed E-state index contributed by atoms with van der Waals surface area (Å²) in [5, 5.41) is 10.5. The largest absolute Gasteiger partial charge is 0.387 e. The fraction of sp³-hybridized carbons (Fsp3) is 0.333. The molecule has 1 saturated heterocycles. The summed E-state index contributed by atoms with van der Waals surface area (Å²) in [6, 6.07) is 11.7. The number of aliphatic hydroxyl groups is 1. The number of imide groups is 1. The van der Waals surface area contributed by atoms with Gasteiger partial charge in [0.25, 0.3) is 5.91 Å². The number of aliphatic hydroxyl groups excluding tert-OH is 1. The van der Waals surface area contributed by atoms with Crippen LogP contribution >= 0.6 is 0 Å². The molecule has 1 N–H and O–H groups in total. The Morgan fingerprint density at radius 3 is 2.11 bits per heavy atom. The fourth-order valence-electron chi connectivity index (χ4n) is 3.21. The van der Waals surface area contributed by atoms with Crippen molar-refractivity contribution in [3.63, 3.8) is 0 Å². The average Bonchev–Trinajstić information content (AvgIpc) is 2.86. The van der Waals surface area contributed by atoms with Crippen LogP contribution in [-0.2, 0) is 4.79 Å². The molecule has 0 radical (unpaired) electrons. The first-order valence-corrected chi connectivity index (χ1v) is 8.97. The lowest BCUT2D eigenvalue weighted by atomic mass is 10.00. The first-order chi connectivity index (χ1) is 12.8. The van der Waals surface area contributed by atoms with Crippen molar-refractivity contribution in [3.05, 3.63) is 65.5 Å². The van der Waals surface area contributed by atoms with Crippen molar-refractivity contribution in [2.24, 2.45) is 0 Å². The van der Waals surface area contributed by atoms with Crippen LogP contribution in [0.4, 0.5) is 14.9 Å². The molecule has 2 atom stereocenters. The van der Waals surface area contributed by atoms with E-state index in [4.69, 9.17) is 0 Å². The minimum atomic E-state index is -0.973. The molecule has 6 heteroatoms. The topological polar surface area (TPSA) is 60.9 Å². The van der Waals surface area contributed by atoms with Crippen molar-refractivity contribution < 1.29 is 19.1 Å². The van der Waals surface area contributed by atoms with Crippen molar-refractivity contribution in [2.75, 3.05) is 11.4 Å². The molecule has 1 fully saturated rings. The Labute approximate surface area is 158 Å². The zero-order valence-corrected chi connectivity index (χ0v) is 15.6. The number of hydrogen-bond acceptors (Lipinski definition) is 3. The zero-order valence-electron chi connectivity index (χ0n) is 15.6. The second-order valence-electron chi connectivity index (χ2n) is 7.09. The van der Waals surface area contributed by atoms with E-state index in [2.05, 4.69) is 13.8 Å². The monoisotopic (exact) mass is 370 g/mol. The SMILES string of the molecule is CC(C)c1ccc([C@H](O)CN2C(=O)[C@H](C)N(c3ccc(F)cc3)C2=O)cc1. The van der Waals surface area contributed by atoms with E-state index in [1.165, 1.54) is 29.2 Å². The van der Waals surface area contributed by atoms with Crippen molar-refractivity contribution >= 4 is 17.6 Å². The van der Waals surface area contributed by atoms with Crippen molar-refractivity contribution in [1.29, 1.82) is 0 Å². The second kappa shape index (κ2) is 7.48. The molecule has 3 amide bonds. The van der Waals surface area contributed by atoms with Crippen LogP contribution in [0.2, 0.25) is 0 Å². The van der Waals surface area contributed by atoms with Crippen LogP contribution in [0.15, 0.2) is 48.5 Å². The normalized spacial score (nSPS) is 18.5. The summed E-state index contributed by atoms with van der Waals surface area (Å²) in [5.74, 6) is -0.424. The Kier molecular flexibility index (Phi) is 5.28. The van der Waals surface area contributed by atoms with Gasteiger partial charge in [0, 0.05) is 5.69 Å². The van der Waals surface area contributed by atoms with Crippen molar-refractivity contribution in [3.8, 4) is 0 Å². The Morgan fingerprint density at radius 2 is 1.56 bits per heavy atom. The van der Waals surface area contributed by atoms with Gasteiger partial charge >= 0.3 is 6.03 Å². The molecule has 1 heterocycles. The Bertz CT molecular complexity index is 834. The van der Waals surface area contributed by atoms with E-state index in [-0.39, 0.29) is 12.5 Å². The van der Waals surface area contributed by atoms with Gasteiger partial charge in [0.15, 0.2) is 0 Å². The van der Waals surface area contributed by atoms with Crippen LogP contribution in [0.3, 0.4) is 0 Å². The predicted octanol–water partition coefficient (Wildman–Crippen LogP) is 3.84. The van der Waals surface area contributed by atoms with E-state index in [0.29, 0.717) is 17.2 Å². The van der Waals surface area contributed by atoms with Crippen LogP contribution in [0.1, 0.15) is 43.9 Å². The number of carbonyl (C=O) groups is 2. The van der Waals surface area contributed by atoms with Gasteiger partial charge in [0.1, 0.15) is 11.9 Å². The molecule has 0 aliphatic carbocycles. The number of carbonyl (C=O) groups excluding carboxylic acids is 2. The summed E-state index contributed by atoms with van der Waals surface area (Å²) in [5.41, 5.74) is 2.24. The first kappa shape index (κ1) is 19.0. The molecule has 142 valence electrons. The Morgan fingerprint density at radius 1 is 1.00 bits per heavy atom. The first-order valence-electron chi connectivity index (χ1n) is 8.97. The summed E-state index contributed by atoms with van der Waals surface area (Å²) in [4.78, 5) is 27.7. The highest BCUT2D eigenvalue weighted by Crippen LogP contribution is 2.28. The van der Waals surface area contributed by atoms with Crippen molar-refractivity contribution in [1.82, 2.24) is 4.90 Å². The van der Waals surface area contributed by atoms with Crippen molar-refractivity contribution in [2.45, 2.75) is 38.8 Å². The lowest BCUT2D eigenvalue weighted by molar-refractivity contribution is -0.127. The number of β-amino-alcohol motifs (C(OH)–C–C–N with tert-alkyl or cyclic N) is 1. The van der Waals surface area contributed by atoms with Gasteiger partial charge < -0.3 is 5.11 Å². The molecular formula is C21H23FN2O3. The van der Waals surface area contributed by atoms with E-state index in [1.807, 2.05) is 24.3 Å². The second-order valence-corrected chi connectivity index (χ2v) is 7.09. The zero-order chi connectivity index (χ0) is 19.7. The lowest BCUT2D eigenvalue weighted by Crippen LogP contribution is -2.36. The number of nitrogens with zero attached hydrogens (tertiary/aromatic N) is 2. The fourth-order valence-corrected chi connectivity index (χ4v) is 3.21. The number of anilines is 1. The molecule has 1 aliphatic rings. The van der Waals surface area contributed by atoms with E-state index in [1.54, 1.807) is 6.92 Å². The average molecular weight is 370 g/mol. The minimum absolute atomic E-state index is 0.124. The molecule has 0 aromatic heterocycles. The smallest absolute Gasteiger partial charge is 0.332 e. The van der Waals surface area contributed by atoms with Gasteiger partial charge in [0.05, 0.1) is 12.6 Å². The molecule has 0 spiro atoms. The van der Waals surface area contributed by atoms with Crippen LogP contribution in [0.25, 0.3) is 0 Å². The standard InChI is InChI=1S/C21H23FN2O3/c1-13(2)15-4-6-16(7-5-15)19(25)12-23-20(26)14(3)24(21(23)27)18-10-8-17(22)9-11-18/h4-11,13-14,19,25H,12H2,1-3H3/t14-,19+/m0/s1. The molecule has 0 unspecified atom stereocenters. The molecule has 5 nitrogen and oxygen atoms in total. The molecule has 2 aromatic rings. The maximum absolute atomic E-state index is 13.1. The van der Waals surface area contributed by atoms with E-state index < -0.39 is 24.0 Å². The van der Waals surface area contributed by atoms with Gasteiger partial charge in [0.2, 0.25) is 0 Å². The van der Waals surface area contributed by atoms with Gasteiger partial charge in [-0.25, -0.2) is 9.18 Å². The summed E-state index contributed by atoms with van der Waals surface area (Å²) >= 11 is 0. The van der Waals surface area contributed by atoms with Crippen LogP contribution in [0, 0.1) is 5.82 Å². The highest BCUT2D eigenvalue weighted by molar-refractivity contribution is 6.14. The third-order valence-electron chi connectivity index (χ3n) is 4.90. The van der Waals surface area contributed by atoms with Crippen LogP contribution in [0.5, 0.6) is 0 Å². The minimum Gasteiger partial charge on any atom is -0.387 e. The number of halogens is 1. The molecule has 27 heavy (non-hydrogen) atoms. The highest BCUT2D eigenvalue weighted by atomic mass is 19.1. The van der Waals surface area contributed by atoms with Gasteiger partial charge in [-0.15, -0.1) is 0 Å². The number of hydrogen-bond donors (Lipinski definition) is 1. The third kappa shape index (κ3) is 3.71. The van der Waals surface area contributed by atoms with E-state index in [0.717, 1.165) is 10.5 Å². The molecule has 0 bridgehead atoms. The summed E-state index contributed by atoms with van der Waals surface area (Å²) < 4.78 is 13.1. The molecular weight excluding hydrogens is 347 g/mol. The lowest BCUT2D eigenvalue weighted by Gasteiger charge is -2.21. The summed E-state index contributed by atoms with van der Waals surface area (Å²) in [6.07, 6.45) is -0.973. The number of rotatable bonds is 5. The Hall–Kier alpha value is -2.73. The molecule has 0 saturated carbocycles. The number of urea groups is 1. The van der Waals surface area contributed by atoms with Crippen LogP contribution in [-0.4, -0.2) is 34.5 Å². The summed E-state index contributed by atoms with van der Waals surface area (Å²) in [7, 11) is 0. The maximum Gasteiger partial charge on any atom is 0.332 e. The van der Waals surface area contributed by atoms with Gasteiger partial charge in [-0.05, 0) is 48.2 Å². The highest BCUT2D eigenvalue weighted by Gasteiger charge is 2.44. The molecule has 1 aliphatic heterocycles.